The van der Waals surface area contributed by atoms with Crippen molar-refractivity contribution in [1.29, 1.82) is 0 Å². The molecule has 2 fully saturated rings. The number of hydrogen-bond acceptors (Lipinski definition) is 3. The van der Waals surface area contributed by atoms with Gasteiger partial charge in [-0.25, -0.2) is 0 Å². The van der Waals surface area contributed by atoms with Crippen LogP contribution in [-0.2, 0) is 9.63 Å². The van der Waals surface area contributed by atoms with Gasteiger partial charge in [0.25, 0.3) is 0 Å². The standard InChI is InChI=1S/C10H15Cl2NO2/c11-9(12)8(14)7-6-10(15-13-7)4-2-1-3-5-10/h7,9,13H,1-6H2. The summed E-state index contributed by atoms with van der Waals surface area (Å²) in [6.45, 7) is 0. The topological polar surface area (TPSA) is 38.3 Å². The van der Waals surface area contributed by atoms with E-state index in [-0.39, 0.29) is 17.4 Å². The number of alkyl halides is 2. The van der Waals surface area contributed by atoms with Crippen molar-refractivity contribution >= 4 is 29.0 Å². The van der Waals surface area contributed by atoms with Crippen LogP contribution in [0.15, 0.2) is 0 Å². The molecule has 15 heavy (non-hydrogen) atoms. The van der Waals surface area contributed by atoms with Gasteiger partial charge in [-0.05, 0) is 12.8 Å². The van der Waals surface area contributed by atoms with Crippen LogP contribution >= 0.6 is 23.2 Å². The first-order valence-electron chi connectivity index (χ1n) is 5.38. The van der Waals surface area contributed by atoms with E-state index < -0.39 is 4.84 Å². The maximum Gasteiger partial charge on any atom is 0.184 e. The molecule has 1 aliphatic heterocycles. The zero-order valence-electron chi connectivity index (χ0n) is 8.47. The largest absolute Gasteiger partial charge is 0.295 e. The highest BCUT2D eigenvalue weighted by Gasteiger charge is 2.44. The second-order valence-electron chi connectivity index (χ2n) is 4.42. The molecule has 0 aromatic heterocycles. The van der Waals surface area contributed by atoms with Crippen LogP contribution in [0.5, 0.6) is 0 Å². The zero-order valence-corrected chi connectivity index (χ0v) is 9.98. The summed E-state index contributed by atoms with van der Waals surface area (Å²) < 4.78 is 0. The molecular weight excluding hydrogens is 237 g/mol. The molecule has 1 heterocycles. The SMILES string of the molecule is O=C(C(Cl)Cl)C1CC2(CCCCC2)ON1. The van der Waals surface area contributed by atoms with E-state index in [1.807, 2.05) is 0 Å². The Morgan fingerprint density at radius 3 is 2.60 bits per heavy atom. The molecule has 1 saturated heterocycles. The van der Waals surface area contributed by atoms with Crippen molar-refractivity contribution in [3.8, 4) is 0 Å². The van der Waals surface area contributed by atoms with Crippen LogP contribution in [-0.4, -0.2) is 22.3 Å². The van der Waals surface area contributed by atoms with Gasteiger partial charge in [0.15, 0.2) is 10.6 Å². The van der Waals surface area contributed by atoms with Crippen LogP contribution in [0.4, 0.5) is 0 Å². The highest BCUT2D eigenvalue weighted by molar-refractivity contribution is 6.54. The Balaban J connectivity index is 1.96. The number of hydrogen-bond donors (Lipinski definition) is 1. The van der Waals surface area contributed by atoms with Gasteiger partial charge in [0.1, 0.15) is 0 Å². The fourth-order valence-electron chi connectivity index (χ4n) is 2.46. The van der Waals surface area contributed by atoms with Gasteiger partial charge in [0.2, 0.25) is 0 Å². The predicted molar refractivity (Wildman–Crippen MR) is 58.9 cm³/mol. The van der Waals surface area contributed by atoms with Crippen LogP contribution in [0.3, 0.4) is 0 Å². The summed E-state index contributed by atoms with van der Waals surface area (Å²) in [6.07, 6.45) is 6.37. The maximum atomic E-state index is 11.6. The van der Waals surface area contributed by atoms with Crippen molar-refractivity contribution in [2.75, 3.05) is 0 Å². The van der Waals surface area contributed by atoms with Crippen molar-refractivity contribution in [1.82, 2.24) is 5.48 Å². The Bertz CT molecular complexity index is 252. The molecular formula is C10H15Cl2NO2. The number of ketones is 1. The van der Waals surface area contributed by atoms with E-state index in [9.17, 15) is 4.79 Å². The second-order valence-corrected chi connectivity index (χ2v) is 5.52. The van der Waals surface area contributed by atoms with Gasteiger partial charge >= 0.3 is 0 Å². The molecule has 0 aromatic carbocycles. The lowest BCUT2D eigenvalue weighted by Gasteiger charge is -2.30. The van der Waals surface area contributed by atoms with Crippen LogP contribution in [0, 0.1) is 0 Å². The number of nitrogens with one attached hydrogen (secondary N) is 1. The third-order valence-corrected chi connectivity index (χ3v) is 3.75. The number of rotatable bonds is 2. The Hall–Kier alpha value is 0.170. The van der Waals surface area contributed by atoms with E-state index in [1.165, 1.54) is 19.3 Å². The third-order valence-electron chi connectivity index (χ3n) is 3.32. The fraction of sp³-hybridized carbons (Fsp3) is 0.900. The van der Waals surface area contributed by atoms with Crippen LogP contribution in [0.1, 0.15) is 38.5 Å². The maximum absolute atomic E-state index is 11.6. The first kappa shape index (κ1) is 11.6. The number of carbonyl (C=O) groups excluding carboxylic acids is 1. The van der Waals surface area contributed by atoms with Crippen LogP contribution in [0.25, 0.3) is 0 Å². The molecule has 1 saturated carbocycles. The van der Waals surface area contributed by atoms with Gasteiger partial charge in [0.05, 0.1) is 11.6 Å². The predicted octanol–water partition coefficient (Wildman–Crippen LogP) is 2.36. The minimum atomic E-state index is -0.954. The molecule has 86 valence electrons. The van der Waals surface area contributed by atoms with E-state index in [0.29, 0.717) is 6.42 Å². The monoisotopic (exact) mass is 251 g/mol. The minimum Gasteiger partial charge on any atom is -0.295 e. The molecule has 1 atom stereocenters. The quantitative estimate of drug-likeness (QED) is 0.766. The molecule has 0 aromatic rings. The highest BCUT2D eigenvalue weighted by atomic mass is 35.5. The van der Waals surface area contributed by atoms with Gasteiger partial charge < -0.3 is 0 Å². The van der Waals surface area contributed by atoms with Crippen molar-refractivity contribution in [2.24, 2.45) is 0 Å². The van der Waals surface area contributed by atoms with Crippen molar-refractivity contribution in [3.05, 3.63) is 0 Å². The molecule has 1 unspecified atom stereocenters. The first-order chi connectivity index (χ1) is 7.13. The zero-order chi connectivity index (χ0) is 10.9. The van der Waals surface area contributed by atoms with Crippen molar-refractivity contribution in [2.45, 2.75) is 55.0 Å². The normalized spacial score (nSPS) is 29.9. The molecule has 1 N–H and O–H groups in total. The average Bonchev–Trinajstić information content (AvgIpc) is 2.62. The summed E-state index contributed by atoms with van der Waals surface area (Å²) in [6, 6.07) is -0.330. The fourth-order valence-corrected chi connectivity index (χ4v) is 2.77. The molecule has 0 radical (unpaired) electrons. The van der Waals surface area contributed by atoms with E-state index in [1.54, 1.807) is 0 Å². The smallest absolute Gasteiger partial charge is 0.184 e. The van der Waals surface area contributed by atoms with E-state index in [2.05, 4.69) is 5.48 Å². The van der Waals surface area contributed by atoms with Crippen molar-refractivity contribution in [3.63, 3.8) is 0 Å². The Kier molecular flexibility index (Phi) is 3.56. The number of halogens is 2. The molecule has 0 bridgehead atoms. The minimum absolute atomic E-state index is 0.138. The molecule has 1 aliphatic carbocycles. The van der Waals surface area contributed by atoms with Gasteiger partial charge in [-0.3, -0.25) is 9.63 Å². The Labute approximate surface area is 99.4 Å². The average molecular weight is 252 g/mol. The third kappa shape index (κ3) is 2.47. The summed E-state index contributed by atoms with van der Waals surface area (Å²) in [4.78, 5) is 16.2. The lowest BCUT2D eigenvalue weighted by atomic mass is 9.81. The summed E-state index contributed by atoms with van der Waals surface area (Å²) in [5, 5.41) is 0. The van der Waals surface area contributed by atoms with Gasteiger partial charge in [-0.1, -0.05) is 42.5 Å². The van der Waals surface area contributed by atoms with Crippen LogP contribution in [0.2, 0.25) is 0 Å². The summed E-state index contributed by atoms with van der Waals surface area (Å²) >= 11 is 11.1. The second kappa shape index (κ2) is 4.58. The number of Topliss-reactive ketones (excluding diaryl/α,β-unsaturated/α-hetero) is 1. The van der Waals surface area contributed by atoms with Gasteiger partial charge in [-0.2, -0.15) is 5.48 Å². The van der Waals surface area contributed by atoms with E-state index in [0.717, 1.165) is 12.8 Å². The van der Waals surface area contributed by atoms with E-state index >= 15 is 0 Å². The highest BCUT2D eigenvalue weighted by Crippen LogP contribution is 2.38. The van der Waals surface area contributed by atoms with Crippen molar-refractivity contribution < 1.29 is 9.63 Å². The summed E-state index contributed by atoms with van der Waals surface area (Å²) in [7, 11) is 0. The van der Waals surface area contributed by atoms with Gasteiger partial charge in [0, 0.05) is 6.42 Å². The summed E-state index contributed by atoms with van der Waals surface area (Å²) in [5.41, 5.74) is 2.64. The Morgan fingerprint density at radius 2 is 2.00 bits per heavy atom. The first-order valence-corrected chi connectivity index (χ1v) is 6.26. The molecule has 0 amide bonds. The molecule has 2 rings (SSSR count). The molecule has 3 nitrogen and oxygen atoms in total. The van der Waals surface area contributed by atoms with E-state index in [4.69, 9.17) is 28.0 Å². The molecule has 5 heteroatoms. The van der Waals surface area contributed by atoms with Crippen LogP contribution < -0.4 is 5.48 Å². The lowest BCUT2D eigenvalue weighted by Crippen LogP contribution is -2.34. The number of carbonyl (C=O) groups is 1. The summed E-state index contributed by atoms with van der Waals surface area (Å²) in [5.74, 6) is -0.180. The Morgan fingerprint density at radius 1 is 1.33 bits per heavy atom. The lowest BCUT2D eigenvalue weighted by molar-refractivity contribution is -0.121. The number of hydroxylamine groups is 1. The molecule has 2 aliphatic rings. The van der Waals surface area contributed by atoms with Gasteiger partial charge in [-0.15, -0.1) is 0 Å². The molecule has 1 spiro atoms.